The molecule has 1 aliphatic rings. The molecule has 0 bridgehead atoms. The molecule has 4 heteroatoms. The van der Waals surface area contributed by atoms with Crippen molar-refractivity contribution in [2.24, 2.45) is 5.73 Å². The van der Waals surface area contributed by atoms with E-state index < -0.39 is 0 Å². The third kappa shape index (κ3) is 4.31. The van der Waals surface area contributed by atoms with Crippen molar-refractivity contribution in [3.05, 3.63) is 35.6 Å². The number of amides is 1. The van der Waals surface area contributed by atoms with Gasteiger partial charge < -0.3 is 11.1 Å². The summed E-state index contributed by atoms with van der Waals surface area (Å²) in [6.45, 7) is 0.939. The maximum absolute atomic E-state index is 12.8. The Morgan fingerprint density at radius 3 is 2.58 bits per heavy atom. The van der Waals surface area contributed by atoms with E-state index in [9.17, 15) is 9.18 Å². The molecular formula is C15H21FN2O. The fourth-order valence-corrected chi connectivity index (χ4v) is 2.52. The maximum Gasteiger partial charge on any atom is 0.217 e. The highest BCUT2D eigenvalue weighted by Crippen LogP contribution is 2.36. The van der Waals surface area contributed by atoms with E-state index in [4.69, 9.17) is 5.73 Å². The Labute approximate surface area is 113 Å². The van der Waals surface area contributed by atoms with Crippen LogP contribution in [0.5, 0.6) is 0 Å². The van der Waals surface area contributed by atoms with Crippen LogP contribution in [0, 0.1) is 5.82 Å². The minimum absolute atomic E-state index is 0.174. The summed E-state index contributed by atoms with van der Waals surface area (Å²) < 4.78 is 12.8. The van der Waals surface area contributed by atoms with E-state index in [0.717, 1.165) is 32.2 Å². The van der Waals surface area contributed by atoms with Gasteiger partial charge in [-0.2, -0.15) is 0 Å². The number of carbonyl (C=O) groups excluding carboxylic acids is 1. The molecule has 1 amide bonds. The molecule has 3 nitrogen and oxygen atoms in total. The number of hydrogen-bond donors (Lipinski definition) is 2. The van der Waals surface area contributed by atoms with E-state index >= 15 is 0 Å². The van der Waals surface area contributed by atoms with Crippen molar-refractivity contribution in [1.29, 1.82) is 0 Å². The molecule has 104 valence electrons. The van der Waals surface area contributed by atoms with E-state index in [2.05, 4.69) is 5.32 Å². The van der Waals surface area contributed by atoms with Crippen molar-refractivity contribution in [2.45, 2.75) is 44.1 Å². The molecule has 3 N–H and O–H groups in total. The highest BCUT2D eigenvalue weighted by Gasteiger charge is 2.29. The molecule has 1 aromatic carbocycles. The van der Waals surface area contributed by atoms with Crippen LogP contribution in [0.15, 0.2) is 24.3 Å². The second-order valence-corrected chi connectivity index (χ2v) is 5.29. The summed E-state index contributed by atoms with van der Waals surface area (Å²) >= 11 is 0. The number of unbranched alkanes of at least 4 members (excludes halogenated alkanes) is 1. The topological polar surface area (TPSA) is 55.1 Å². The highest BCUT2D eigenvalue weighted by atomic mass is 19.1. The number of halogens is 1. The standard InChI is InChI=1S/C15H21FN2O/c16-13-6-4-11(5-7-13)12-9-14(10-12)18-8-2-1-3-15(17)19/h4-7,12,14,18H,1-3,8-10H2,(H2,17,19). The zero-order valence-electron chi connectivity index (χ0n) is 11.1. The fraction of sp³-hybridized carbons (Fsp3) is 0.533. The summed E-state index contributed by atoms with van der Waals surface area (Å²) in [5, 5.41) is 3.48. The fourth-order valence-electron chi connectivity index (χ4n) is 2.52. The SMILES string of the molecule is NC(=O)CCCCNC1CC(c2ccc(F)cc2)C1. The van der Waals surface area contributed by atoms with Crippen LogP contribution >= 0.6 is 0 Å². The van der Waals surface area contributed by atoms with Crippen LogP contribution in [0.2, 0.25) is 0 Å². The van der Waals surface area contributed by atoms with Crippen molar-refractivity contribution in [1.82, 2.24) is 5.32 Å². The van der Waals surface area contributed by atoms with E-state index in [1.165, 1.54) is 17.7 Å². The molecular weight excluding hydrogens is 243 g/mol. The largest absolute Gasteiger partial charge is 0.370 e. The van der Waals surface area contributed by atoms with Crippen molar-refractivity contribution in [2.75, 3.05) is 6.54 Å². The van der Waals surface area contributed by atoms with Crippen LogP contribution in [0.25, 0.3) is 0 Å². The molecule has 0 aromatic heterocycles. The van der Waals surface area contributed by atoms with E-state index in [-0.39, 0.29) is 11.7 Å². The summed E-state index contributed by atoms with van der Waals surface area (Å²) in [4.78, 5) is 10.6. The third-order valence-electron chi connectivity index (χ3n) is 3.76. The molecule has 19 heavy (non-hydrogen) atoms. The summed E-state index contributed by atoms with van der Waals surface area (Å²) in [5.41, 5.74) is 6.31. The molecule has 0 spiro atoms. The Balaban J connectivity index is 1.59. The number of rotatable bonds is 7. The predicted octanol–water partition coefficient (Wildman–Crippen LogP) is 2.32. The minimum Gasteiger partial charge on any atom is -0.370 e. The molecule has 0 saturated heterocycles. The number of carbonyl (C=O) groups is 1. The first-order valence-corrected chi connectivity index (χ1v) is 6.92. The molecule has 2 rings (SSSR count). The van der Waals surface area contributed by atoms with Gasteiger partial charge in [0.1, 0.15) is 5.82 Å². The first kappa shape index (κ1) is 14.0. The summed E-state index contributed by atoms with van der Waals surface area (Å²) in [6, 6.07) is 7.37. The van der Waals surface area contributed by atoms with E-state index in [1.807, 2.05) is 12.1 Å². The molecule has 1 aliphatic carbocycles. The molecule has 0 atom stereocenters. The second kappa shape index (κ2) is 6.66. The van der Waals surface area contributed by atoms with E-state index in [1.54, 1.807) is 0 Å². The van der Waals surface area contributed by atoms with Crippen LogP contribution in [0.1, 0.15) is 43.6 Å². The third-order valence-corrected chi connectivity index (χ3v) is 3.76. The van der Waals surface area contributed by atoms with Gasteiger partial charge >= 0.3 is 0 Å². The van der Waals surface area contributed by atoms with Crippen LogP contribution in [0.4, 0.5) is 4.39 Å². The molecule has 1 fully saturated rings. The second-order valence-electron chi connectivity index (χ2n) is 5.29. The normalized spacial score (nSPS) is 21.9. The lowest BCUT2D eigenvalue weighted by Gasteiger charge is -2.36. The Kier molecular flexibility index (Phi) is 4.91. The lowest BCUT2D eigenvalue weighted by molar-refractivity contribution is -0.118. The number of primary amides is 1. The van der Waals surface area contributed by atoms with Gasteiger partial charge in [0.25, 0.3) is 0 Å². The van der Waals surface area contributed by atoms with Gasteiger partial charge in [0.05, 0.1) is 0 Å². The Morgan fingerprint density at radius 1 is 1.26 bits per heavy atom. The van der Waals surface area contributed by atoms with Crippen LogP contribution in [0.3, 0.4) is 0 Å². The molecule has 1 aromatic rings. The van der Waals surface area contributed by atoms with Gasteiger partial charge in [0.15, 0.2) is 0 Å². The van der Waals surface area contributed by atoms with Crippen molar-refractivity contribution in [3.63, 3.8) is 0 Å². The van der Waals surface area contributed by atoms with E-state index in [0.29, 0.717) is 18.4 Å². The van der Waals surface area contributed by atoms with Gasteiger partial charge in [0, 0.05) is 12.5 Å². The van der Waals surface area contributed by atoms with Gasteiger partial charge in [-0.15, -0.1) is 0 Å². The highest BCUT2D eigenvalue weighted by molar-refractivity contribution is 5.73. The first-order valence-electron chi connectivity index (χ1n) is 6.92. The number of nitrogens with one attached hydrogen (secondary N) is 1. The Morgan fingerprint density at radius 2 is 1.95 bits per heavy atom. The van der Waals surface area contributed by atoms with Crippen molar-refractivity contribution >= 4 is 5.91 Å². The minimum atomic E-state index is -0.222. The van der Waals surface area contributed by atoms with Gasteiger partial charge in [-0.05, 0) is 55.8 Å². The molecule has 1 saturated carbocycles. The molecule has 0 aliphatic heterocycles. The van der Waals surface area contributed by atoms with Gasteiger partial charge in [-0.1, -0.05) is 12.1 Å². The van der Waals surface area contributed by atoms with Crippen molar-refractivity contribution < 1.29 is 9.18 Å². The average molecular weight is 264 g/mol. The monoisotopic (exact) mass is 264 g/mol. The Bertz CT molecular complexity index is 413. The van der Waals surface area contributed by atoms with Crippen LogP contribution in [-0.4, -0.2) is 18.5 Å². The smallest absolute Gasteiger partial charge is 0.217 e. The zero-order valence-corrected chi connectivity index (χ0v) is 11.1. The van der Waals surface area contributed by atoms with Crippen LogP contribution < -0.4 is 11.1 Å². The quantitative estimate of drug-likeness (QED) is 0.743. The number of hydrogen-bond acceptors (Lipinski definition) is 2. The lowest BCUT2D eigenvalue weighted by atomic mass is 9.76. The first-order chi connectivity index (χ1) is 9.15. The number of benzene rings is 1. The van der Waals surface area contributed by atoms with Gasteiger partial charge in [-0.3, -0.25) is 4.79 Å². The van der Waals surface area contributed by atoms with Crippen LogP contribution in [-0.2, 0) is 4.79 Å². The summed E-state index contributed by atoms with van der Waals surface area (Å²) in [6.07, 6.45) is 4.55. The predicted molar refractivity (Wildman–Crippen MR) is 73.2 cm³/mol. The molecule has 0 unspecified atom stereocenters. The lowest BCUT2D eigenvalue weighted by Crippen LogP contribution is -2.40. The summed E-state index contributed by atoms with van der Waals surface area (Å²) in [7, 11) is 0. The molecule has 0 radical (unpaired) electrons. The van der Waals surface area contributed by atoms with Gasteiger partial charge in [0.2, 0.25) is 5.91 Å². The van der Waals surface area contributed by atoms with Crippen molar-refractivity contribution in [3.8, 4) is 0 Å². The summed E-state index contributed by atoms with van der Waals surface area (Å²) in [5.74, 6) is 0.163. The Hall–Kier alpha value is -1.42. The molecule has 0 heterocycles. The number of nitrogens with two attached hydrogens (primary N) is 1. The average Bonchev–Trinajstić information content (AvgIpc) is 2.32. The zero-order chi connectivity index (χ0) is 13.7. The maximum atomic E-state index is 12.8. The van der Waals surface area contributed by atoms with Gasteiger partial charge in [-0.25, -0.2) is 4.39 Å².